The normalized spacial score (nSPS) is 14.2. The van der Waals surface area contributed by atoms with E-state index in [9.17, 15) is 27.2 Å². The number of nitrogens with zero attached hydrogens (tertiary/aromatic N) is 1. The van der Waals surface area contributed by atoms with Crippen molar-refractivity contribution in [3.8, 4) is 5.75 Å². The van der Waals surface area contributed by atoms with Crippen molar-refractivity contribution >= 4 is 28.8 Å². The van der Waals surface area contributed by atoms with E-state index < -0.39 is 29.7 Å². The van der Waals surface area contributed by atoms with Gasteiger partial charge >= 0.3 is 6.36 Å². The maximum atomic E-state index is 13.4. The van der Waals surface area contributed by atoms with Crippen LogP contribution in [-0.4, -0.2) is 18.2 Å². The van der Waals surface area contributed by atoms with Crippen molar-refractivity contribution in [2.75, 3.05) is 10.2 Å². The molecule has 1 aliphatic heterocycles. The van der Waals surface area contributed by atoms with Crippen LogP contribution >= 0.6 is 0 Å². The maximum absolute atomic E-state index is 13.4. The van der Waals surface area contributed by atoms with E-state index in [4.69, 9.17) is 0 Å². The molecule has 0 unspecified atom stereocenters. The minimum atomic E-state index is -4.84. The minimum Gasteiger partial charge on any atom is -0.406 e. The van der Waals surface area contributed by atoms with E-state index in [0.717, 1.165) is 34.7 Å². The molecule has 4 rings (SSSR count). The molecule has 3 aromatic rings. The number of alkyl halides is 3. The number of benzene rings is 3. The molecule has 168 valence electrons. The Morgan fingerprint density at radius 3 is 2.15 bits per heavy atom. The zero-order valence-corrected chi connectivity index (χ0v) is 17.1. The SMILES string of the molecule is Cc1cccc(N2C(=O)C(Nc3ccc(OC(F)(F)F)cc3)=C(c3ccc(F)cc3)C2=O)c1. The second kappa shape index (κ2) is 8.42. The van der Waals surface area contributed by atoms with Crippen LogP contribution in [0.15, 0.2) is 78.5 Å². The molecule has 0 aliphatic carbocycles. The number of hydrogen-bond acceptors (Lipinski definition) is 4. The van der Waals surface area contributed by atoms with E-state index in [1.807, 2.05) is 13.0 Å². The fourth-order valence-corrected chi connectivity index (χ4v) is 3.42. The summed E-state index contributed by atoms with van der Waals surface area (Å²) in [5, 5.41) is 2.83. The second-order valence-electron chi connectivity index (χ2n) is 7.24. The van der Waals surface area contributed by atoms with Crippen LogP contribution in [0.4, 0.5) is 28.9 Å². The molecule has 33 heavy (non-hydrogen) atoms. The molecule has 5 nitrogen and oxygen atoms in total. The number of aryl methyl sites for hydroxylation is 1. The molecule has 0 aromatic heterocycles. The van der Waals surface area contributed by atoms with Gasteiger partial charge in [-0.1, -0.05) is 24.3 Å². The lowest BCUT2D eigenvalue weighted by Crippen LogP contribution is -2.32. The van der Waals surface area contributed by atoms with Crippen molar-refractivity contribution in [3.63, 3.8) is 0 Å². The van der Waals surface area contributed by atoms with Crippen molar-refractivity contribution in [1.82, 2.24) is 0 Å². The average molecular weight is 456 g/mol. The molecule has 0 bridgehead atoms. The number of halogens is 4. The van der Waals surface area contributed by atoms with Gasteiger partial charge in [0, 0.05) is 5.69 Å². The zero-order chi connectivity index (χ0) is 23.8. The van der Waals surface area contributed by atoms with E-state index in [1.165, 1.54) is 24.3 Å². The highest BCUT2D eigenvalue weighted by atomic mass is 19.4. The quantitative estimate of drug-likeness (QED) is 0.411. The van der Waals surface area contributed by atoms with Gasteiger partial charge in [-0.05, 0) is 66.6 Å². The van der Waals surface area contributed by atoms with E-state index in [-0.39, 0.29) is 17.0 Å². The fourth-order valence-electron chi connectivity index (χ4n) is 3.42. The van der Waals surface area contributed by atoms with Crippen LogP contribution in [0.3, 0.4) is 0 Å². The Kier molecular flexibility index (Phi) is 5.63. The van der Waals surface area contributed by atoms with Crippen molar-refractivity contribution in [2.24, 2.45) is 0 Å². The predicted octanol–water partition coefficient (Wildman–Crippen LogP) is 5.43. The van der Waals surface area contributed by atoms with Gasteiger partial charge in [0.05, 0.1) is 11.3 Å². The molecule has 0 atom stereocenters. The lowest BCUT2D eigenvalue weighted by molar-refractivity contribution is -0.274. The van der Waals surface area contributed by atoms with Crippen LogP contribution in [0.25, 0.3) is 5.57 Å². The first-order valence-electron chi connectivity index (χ1n) is 9.71. The van der Waals surface area contributed by atoms with Crippen molar-refractivity contribution in [2.45, 2.75) is 13.3 Å². The molecular formula is C24H16F4N2O3. The summed E-state index contributed by atoms with van der Waals surface area (Å²) in [5.74, 6) is -2.21. The van der Waals surface area contributed by atoms with Gasteiger partial charge in [-0.2, -0.15) is 0 Å². The van der Waals surface area contributed by atoms with Crippen LogP contribution in [-0.2, 0) is 9.59 Å². The highest BCUT2D eigenvalue weighted by molar-refractivity contribution is 6.46. The predicted molar refractivity (Wildman–Crippen MR) is 114 cm³/mol. The zero-order valence-electron chi connectivity index (χ0n) is 17.1. The number of anilines is 2. The molecule has 1 aliphatic rings. The first kappa shape index (κ1) is 22.1. The summed E-state index contributed by atoms with van der Waals surface area (Å²) < 4.78 is 54.5. The van der Waals surface area contributed by atoms with Crippen molar-refractivity contribution < 1.29 is 31.9 Å². The van der Waals surface area contributed by atoms with Crippen LogP contribution in [0.1, 0.15) is 11.1 Å². The van der Waals surface area contributed by atoms with Gasteiger partial charge in [0.2, 0.25) is 0 Å². The Balaban J connectivity index is 1.73. The number of amides is 2. The number of ether oxygens (including phenoxy) is 1. The number of nitrogens with one attached hydrogen (secondary N) is 1. The topological polar surface area (TPSA) is 58.6 Å². The Hall–Kier alpha value is -4.14. The molecule has 2 amide bonds. The molecule has 9 heteroatoms. The van der Waals surface area contributed by atoms with E-state index in [0.29, 0.717) is 11.3 Å². The third-order valence-corrected chi connectivity index (χ3v) is 4.83. The van der Waals surface area contributed by atoms with Gasteiger partial charge in [-0.3, -0.25) is 9.59 Å². The highest BCUT2D eigenvalue weighted by Crippen LogP contribution is 2.34. The molecule has 3 aromatic carbocycles. The van der Waals surface area contributed by atoms with Crippen molar-refractivity contribution in [1.29, 1.82) is 0 Å². The number of carbonyl (C=O) groups excluding carboxylic acids is 2. The van der Waals surface area contributed by atoms with Crippen LogP contribution in [0.5, 0.6) is 5.75 Å². The van der Waals surface area contributed by atoms with E-state index >= 15 is 0 Å². The fraction of sp³-hybridized carbons (Fsp3) is 0.0833. The monoisotopic (exact) mass is 456 g/mol. The largest absolute Gasteiger partial charge is 0.573 e. The first-order valence-corrected chi connectivity index (χ1v) is 9.71. The summed E-state index contributed by atoms with van der Waals surface area (Å²) in [4.78, 5) is 27.6. The number of imide groups is 1. The third kappa shape index (κ3) is 4.72. The van der Waals surface area contributed by atoms with Gasteiger partial charge in [0.15, 0.2) is 0 Å². The summed E-state index contributed by atoms with van der Waals surface area (Å²) in [6.45, 7) is 1.81. The van der Waals surface area contributed by atoms with Gasteiger partial charge in [-0.15, -0.1) is 13.2 Å². The lowest BCUT2D eigenvalue weighted by Gasteiger charge is -2.16. The Morgan fingerprint density at radius 1 is 0.879 bits per heavy atom. The number of rotatable bonds is 5. The lowest BCUT2D eigenvalue weighted by atomic mass is 10.0. The molecule has 0 spiro atoms. The molecule has 0 radical (unpaired) electrons. The van der Waals surface area contributed by atoms with Crippen LogP contribution in [0, 0.1) is 12.7 Å². The minimum absolute atomic E-state index is 0.0112. The smallest absolute Gasteiger partial charge is 0.406 e. The summed E-state index contributed by atoms with van der Waals surface area (Å²) in [5.41, 5.74) is 1.68. The standard InChI is InChI=1S/C24H16F4N2O3/c1-14-3-2-4-18(13-14)30-22(31)20(15-5-7-16(25)8-6-15)21(23(30)32)29-17-9-11-19(12-10-17)33-24(26,27)28/h2-13,29H,1H3. The van der Waals surface area contributed by atoms with Gasteiger partial charge in [-0.25, -0.2) is 9.29 Å². The van der Waals surface area contributed by atoms with Crippen LogP contribution in [0.2, 0.25) is 0 Å². The molecule has 0 saturated heterocycles. The average Bonchev–Trinajstić information content (AvgIpc) is 2.98. The summed E-state index contributed by atoms with van der Waals surface area (Å²) >= 11 is 0. The Labute approximate surface area is 185 Å². The summed E-state index contributed by atoms with van der Waals surface area (Å²) in [6, 6.07) is 16.6. The second-order valence-corrected chi connectivity index (χ2v) is 7.24. The van der Waals surface area contributed by atoms with Crippen LogP contribution < -0.4 is 15.0 Å². The molecule has 1 heterocycles. The number of carbonyl (C=O) groups is 2. The Morgan fingerprint density at radius 2 is 1.55 bits per heavy atom. The maximum Gasteiger partial charge on any atom is 0.573 e. The first-order chi connectivity index (χ1) is 15.6. The number of hydrogen-bond donors (Lipinski definition) is 1. The summed E-state index contributed by atoms with van der Waals surface area (Å²) in [6.07, 6.45) is -4.84. The van der Waals surface area contributed by atoms with Crippen molar-refractivity contribution in [3.05, 3.63) is 95.4 Å². The van der Waals surface area contributed by atoms with E-state index in [2.05, 4.69) is 10.1 Å². The third-order valence-electron chi connectivity index (χ3n) is 4.83. The molecule has 0 saturated carbocycles. The molecule has 1 N–H and O–H groups in total. The van der Waals surface area contributed by atoms with Gasteiger partial charge < -0.3 is 10.1 Å². The van der Waals surface area contributed by atoms with E-state index in [1.54, 1.807) is 18.2 Å². The molecular weight excluding hydrogens is 440 g/mol. The molecule has 0 fully saturated rings. The van der Waals surface area contributed by atoms with Gasteiger partial charge in [0.25, 0.3) is 11.8 Å². The highest BCUT2D eigenvalue weighted by Gasteiger charge is 2.40. The summed E-state index contributed by atoms with van der Waals surface area (Å²) in [7, 11) is 0. The Bertz CT molecular complexity index is 1250. The van der Waals surface area contributed by atoms with Gasteiger partial charge in [0.1, 0.15) is 17.3 Å².